The second kappa shape index (κ2) is 4.73. The van der Waals surface area contributed by atoms with E-state index < -0.39 is 0 Å². The maximum absolute atomic E-state index is 12.2. The summed E-state index contributed by atoms with van der Waals surface area (Å²) < 4.78 is 0. The molecule has 1 fully saturated rings. The van der Waals surface area contributed by atoms with Gasteiger partial charge in [-0.3, -0.25) is 10.6 Å². The third-order valence-corrected chi connectivity index (χ3v) is 3.07. The van der Waals surface area contributed by atoms with Crippen LogP contribution >= 0.6 is 0 Å². The lowest BCUT2D eigenvalue weighted by Crippen LogP contribution is -2.30. The van der Waals surface area contributed by atoms with Crippen LogP contribution in [0.2, 0.25) is 0 Å². The van der Waals surface area contributed by atoms with Gasteiger partial charge in [-0.05, 0) is 37.1 Å². The number of hydrogen-bond donors (Lipinski definition) is 3. The summed E-state index contributed by atoms with van der Waals surface area (Å²) in [5, 5.41) is 9.43. The number of likely N-dealkylation sites (tertiary alicyclic amines) is 1. The van der Waals surface area contributed by atoms with Crippen LogP contribution in [0.4, 0.5) is 5.69 Å². The quantitative estimate of drug-likeness (QED) is 0.515. The fraction of sp³-hybridized carbons (Fsp3) is 0.417. The zero-order chi connectivity index (χ0) is 12.4. The van der Waals surface area contributed by atoms with Crippen molar-refractivity contribution in [3.8, 4) is 0 Å². The van der Waals surface area contributed by atoms with Crippen molar-refractivity contribution in [3.63, 3.8) is 0 Å². The van der Waals surface area contributed by atoms with Crippen molar-refractivity contribution in [2.24, 2.45) is 5.84 Å². The summed E-state index contributed by atoms with van der Waals surface area (Å²) >= 11 is 0. The van der Waals surface area contributed by atoms with Gasteiger partial charge in [0.15, 0.2) is 0 Å². The summed E-state index contributed by atoms with van der Waals surface area (Å²) in [6, 6.07) is 5.37. The number of carbonyl (C=O) groups is 1. The lowest BCUT2D eigenvalue weighted by Gasteiger charge is -2.17. The highest BCUT2D eigenvalue weighted by molar-refractivity contribution is 5.96. The van der Waals surface area contributed by atoms with E-state index in [4.69, 9.17) is 5.84 Å². The van der Waals surface area contributed by atoms with Gasteiger partial charge in [-0.2, -0.15) is 0 Å². The Hall–Kier alpha value is -1.59. The van der Waals surface area contributed by atoms with Gasteiger partial charge in [0.25, 0.3) is 5.91 Å². The van der Waals surface area contributed by atoms with Gasteiger partial charge >= 0.3 is 0 Å². The average molecular weight is 235 g/mol. The molecule has 92 valence electrons. The fourth-order valence-electron chi connectivity index (χ4n) is 2.09. The van der Waals surface area contributed by atoms with Crippen LogP contribution in [-0.4, -0.2) is 35.1 Å². The van der Waals surface area contributed by atoms with Gasteiger partial charge in [-0.25, -0.2) is 0 Å². The van der Waals surface area contributed by atoms with Crippen LogP contribution in [0.1, 0.15) is 22.3 Å². The first-order chi connectivity index (χ1) is 8.11. The van der Waals surface area contributed by atoms with E-state index in [0.717, 1.165) is 11.3 Å². The molecule has 0 bridgehead atoms. The molecule has 1 unspecified atom stereocenters. The van der Waals surface area contributed by atoms with Gasteiger partial charge in [0, 0.05) is 24.3 Å². The predicted octanol–water partition coefficient (Wildman–Crippen LogP) is 0.487. The van der Waals surface area contributed by atoms with Crippen molar-refractivity contribution < 1.29 is 9.90 Å². The molecule has 0 aliphatic carbocycles. The van der Waals surface area contributed by atoms with Crippen LogP contribution in [-0.2, 0) is 0 Å². The Bertz CT molecular complexity index is 434. The Balaban J connectivity index is 2.19. The normalized spacial score (nSPS) is 19.5. The Morgan fingerprint density at radius 2 is 2.35 bits per heavy atom. The summed E-state index contributed by atoms with van der Waals surface area (Å²) in [6.07, 6.45) is 0.275. The number of amides is 1. The van der Waals surface area contributed by atoms with E-state index in [1.54, 1.807) is 17.0 Å². The second-order valence-corrected chi connectivity index (χ2v) is 4.37. The Labute approximate surface area is 100 Å². The molecule has 1 amide bonds. The molecule has 1 aromatic carbocycles. The minimum Gasteiger partial charge on any atom is -0.391 e. The molecule has 2 rings (SSSR count). The maximum Gasteiger partial charge on any atom is 0.254 e. The van der Waals surface area contributed by atoms with Gasteiger partial charge < -0.3 is 15.4 Å². The van der Waals surface area contributed by atoms with E-state index in [0.29, 0.717) is 25.1 Å². The number of aryl methyl sites for hydroxylation is 1. The SMILES string of the molecule is Cc1cc(NN)ccc1C(=O)N1CCC(O)C1. The highest BCUT2D eigenvalue weighted by atomic mass is 16.3. The summed E-state index contributed by atoms with van der Waals surface area (Å²) in [5.74, 6) is 5.28. The Kier molecular flexibility index (Phi) is 3.31. The third-order valence-electron chi connectivity index (χ3n) is 3.07. The summed E-state index contributed by atoms with van der Waals surface area (Å²) in [4.78, 5) is 13.9. The first-order valence-corrected chi connectivity index (χ1v) is 5.66. The largest absolute Gasteiger partial charge is 0.391 e. The number of nitrogens with two attached hydrogens (primary N) is 1. The van der Waals surface area contributed by atoms with Gasteiger partial charge in [0.05, 0.1) is 6.10 Å². The molecule has 1 aromatic rings. The third kappa shape index (κ3) is 2.40. The number of nitrogens with zero attached hydrogens (tertiary/aromatic N) is 1. The molecule has 0 spiro atoms. The summed E-state index contributed by atoms with van der Waals surface area (Å²) in [7, 11) is 0. The van der Waals surface area contributed by atoms with Gasteiger partial charge in [-0.15, -0.1) is 0 Å². The summed E-state index contributed by atoms with van der Waals surface area (Å²) in [5.41, 5.74) is 4.87. The molecule has 0 aromatic heterocycles. The van der Waals surface area contributed by atoms with E-state index >= 15 is 0 Å². The number of hydrogen-bond acceptors (Lipinski definition) is 4. The zero-order valence-electron chi connectivity index (χ0n) is 9.81. The maximum atomic E-state index is 12.2. The van der Waals surface area contributed by atoms with E-state index in [1.165, 1.54) is 0 Å². The second-order valence-electron chi connectivity index (χ2n) is 4.37. The van der Waals surface area contributed by atoms with Gasteiger partial charge in [0.2, 0.25) is 0 Å². The number of carbonyl (C=O) groups excluding carboxylic acids is 1. The number of nitrogen functional groups attached to an aromatic ring is 1. The molecule has 0 radical (unpaired) electrons. The number of aliphatic hydroxyl groups is 1. The van der Waals surface area contributed by atoms with Crippen molar-refractivity contribution in [3.05, 3.63) is 29.3 Å². The number of hydrazine groups is 1. The van der Waals surface area contributed by atoms with Crippen molar-refractivity contribution in [1.29, 1.82) is 0 Å². The lowest BCUT2D eigenvalue weighted by molar-refractivity contribution is 0.0764. The molecular formula is C12H17N3O2. The molecule has 1 heterocycles. The monoisotopic (exact) mass is 235 g/mol. The molecule has 1 aliphatic rings. The van der Waals surface area contributed by atoms with E-state index in [9.17, 15) is 9.90 Å². The van der Waals surface area contributed by atoms with Gasteiger partial charge in [0.1, 0.15) is 0 Å². The number of β-amino-alcohol motifs (C(OH)–C–C–N with tert-alkyl or cyclic N) is 1. The molecule has 1 atom stereocenters. The minimum atomic E-state index is -0.385. The topological polar surface area (TPSA) is 78.6 Å². The minimum absolute atomic E-state index is 0.0254. The van der Waals surface area contributed by atoms with Crippen LogP contribution in [0.5, 0.6) is 0 Å². The number of anilines is 1. The molecule has 17 heavy (non-hydrogen) atoms. The smallest absolute Gasteiger partial charge is 0.254 e. The molecule has 0 saturated carbocycles. The van der Waals surface area contributed by atoms with E-state index in [-0.39, 0.29) is 12.0 Å². The predicted molar refractivity (Wildman–Crippen MR) is 65.5 cm³/mol. The Morgan fingerprint density at radius 3 is 2.88 bits per heavy atom. The molecular weight excluding hydrogens is 218 g/mol. The van der Waals surface area contributed by atoms with Crippen LogP contribution in [0.15, 0.2) is 18.2 Å². The van der Waals surface area contributed by atoms with Crippen molar-refractivity contribution in [2.75, 3.05) is 18.5 Å². The number of rotatable bonds is 2. The zero-order valence-corrected chi connectivity index (χ0v) is 9.81. The number of benzene rings is 1. The van der Waals surface area contributed by atoms with Crippen LogP contribution in [0, 0.1) is 6.92 Å². The number of nitrogens with one attached hydrogen (secondary N) is 1. The standard InChI is InChI=1S/C12H17N3O2/c1-8-6-9(14-13)2-3-11(8)12(17)15-5-4-10(16)7-15/h2-3,6,10,14,16H,4-5,7,13H2,1H3. The first kappa shape index (κ1) is 11.9. The molecule has 5 heteroatoms. The summed E-state index contributed by atoms with van der Waals surface area (Å²) in [6.45, 7) is 2.92. The highest BCUT2D eigenvalue weighted by Crippen LogP contribution is 2.19. The van der Waals surface area contributed by atoms with Crippen LogP contribution in [0.3, 0.4) is 0 Å². The van der Waals surface area contributed by atoms with Crippen LogP contribution in [0.25, 0.3) is 0 Å². The number of aliphatic hydroxyl groups excluding tert-OH is 1. The highest BCUT2D eigenvalue weighted by Gasteiger charge is 2.26. The average Bonchev–Trinajstić information content (AvgIpc) is 2.75. The molecule has 1 saturated heterocycles. The Morgan fingerprint density at radius 1 is 1.59 bits per heavy atom. The van der Waals surface area contributed by atoms with Crippen molar-refractivity contribution in [2.45, 2.75) is 19.4 Å². The van der Waals surface area contributed by atoms with E-state index in [1.807, 2.05) is 13.0 Å². The fourth-order valence-corrected chi connectivity index (χ4v) is 2.09. The van der Waals surface area contributed by atoms with E-state index in [2.05, 4.69) is 5.43 Å². The lowest BCUT2D eigenvalue weighted by atomic mass is 10.1. The molecule has 4 N–H and O–H groups in total. The van der Waals surface area contributed by atoms with Crippen LogP contribution < -0.4 is 11.3 Å². The van der Waals surface area contributed by atoms with Crippen molar-refractivity contribution >= 4 is 11.6 Å². The van der Waals surface area contributed by atoms with Gasteiger partial charge in [-0.1, -0.05) is 0 Å². The first-order valence-electron chi connectivity index (χ1n) is 5.66. The molecule has 1 aliphatic heterocycles. The van der Waals surface area contributed by atoms with Crippen molar-refractivity contribution in [1.82, 2.24) is 4.90 Å². The molecule has 5 nitrogen and oxygen atoms in total.